The van der Waals surface area contributed by atoms with Crippen molar-refractivity contribution in [2.45, 2.75) is 45.6 Å². The van der Waals surface area contributed by atoms with Crippen LogP contribution in [-0.2, 0) is 13.5 Å². The molecule has 18 heavy (non-hydrogen) atoms. The van der Waals surface area contributed by atoms with Crippen molar-refractivity contribution in [1.29, 1.82) is 0 Å². The Morgan fingerprint density at radius 2 is 2.28 bits per heavy atom. The molecule has 1 N–H and O–H groups in total. The molecule has 100 valence electrons. The van der Waals surface area contributed by atoms with Crippen molar-refractivity contribution < 1.29 is 4.92 Å². The standard InChI is InChI=1S/C12H20N4O2/c1-4-10-11(16(17)18)12(15(3)14-10)13-9-6-5-8(2)7-9/h8-9,13H,4-7H2,1-3H3. The average Bonchev–Trinajstić information content (AvgIpc) is 2.84. The van der Waals surface area contributed by atoms with E-state index in [4.69, 9.17) is 0 Å². The number of hydrogen-bond donors (Lipinski definition) is 1. The summed E-state index contributed by atoms with van der Waals surface area (Å²) in [6, 6.07) is 0.332. The highest BCUT2D eigenvalue weighted by Crippen LogP contribution is 2.33. The van der Waals surface area contributed by atoms with Gasteiger partial charge in [-0.2, -0.15) is 5.10 Å². The Hall–Kier alpha value is -1.59. The lowest BCUT2D eigenvalue weighted by atomic mass is 10.1. The van der Waals surface area contributed by atoms with Gasteiger partial charge >= 0.3 is 5.69 Å². The zero-order chi connectivity index (χ0) is 13.3. The van der Waals surface area contributed by atoms with Gasteiger partial charge in [0.1, 0.15) is 5.69 Å². The molecule has 6 heteroatoms. The second-order valence-corrected chi connectivity index (χ2v) is 5.14. The fourth-order valence-corrected chi connectivity index (χ4v) is 2.69. The Morgan fingerprint density at radius 1 is 1.56 bits per heavy atom. The molecule has 0 aromatic carbocycles. The molecule has 1 aromatic rings. The summed E-state index contributed by atoms with van der Waals surface area (Å²) in [6.45, 7) is 4.10. The number of anilines is 1. The highest BCUT2D eigenvalue weighted by Gasteiger charge is 2.29. The molecular weight excluding hydrogens is 232 g/mol. The van der Waals surface area contributed by atoms with Gasteiger partial charge < -0.3 is 5.32 Å². The molecule has 0 spiro atoms. The molecule has 2 atom stereocenters. The highest BCUT2D eigenvalue weighted by molar-refractivity contribution is 5.60. The Labute approximate surface area is 107 Å². The van der Waals surface area contributed by atoms with Gasteiger partial charge in [-0.05, 0) is 31.6 Å². The third-order valence-corrected chi connectivity index (χ3v) is 3.65. The highest BCUT2D eigenvalue weighted by atomic mass is 16.6. The number of nitro groups is 1. The van der Waals surface area contributed by atoms with Crippen molar-refractivity contribution in [1.82, 2.24) is 9.78 Å². The van der Waals surface area contributed by atoms with E-state index in [0.29, 0.717) is 29.9 Å². The van der Waals surface area contributed by atoms with Crippen LogP contribution in [0.2, 0.25) is 0 Å². The van der Waals surface area contributed by atoms with Crippen molar-refractivity contribution >= 4 is 11.5 Å². The molecule has 0 amide bonds. The summed E-state index contributed by atoms with van der Waals surface area (Å²) in [4.78, 5) is 10.8. The summed E-state index contributed by atoms with van der Waals surface area (Å²) in [5, 5.41) is 18.7. The summed E-state index contributed by atoms with van der Waals surface area (Å²) in [5.74, 6) is 1.25. The minimum absolute atomic E-state index is 0.138. The molecule has 1 saturated carbocycles. The molecule has 1 aliphatic rings. The van der Waals surface area contributed by atoms with Gasteiger partial charge in [-0.15, -0.1) is 0 Å². The van der Waals surface area contributed by atoms with E-state index in [0.717, 1.165) is 12.8 Å². The number of aromatic nitrogens is 2. The summed E-state index contributed by atoms with van der Waals surface area (Å²) >= 11 is 0. The van der Waals surface area contributed by atoms with Crippen molar-refractivity contribution in [2.24, 2.45) is 13.0 Å². The van der Waals surface area contributed by atoms with E-state index in [1.165, 1.54) is 6.42 Å². The number of hydrogen-bond acceptors (Lipinski definition) is 4. The molecule has 2 rings (SSSR count). The predicted molar refractivity (Wildman–Crippen MR) is 69.7 cm³/mol. The second-order valence-electron chi connectivity index (χ2n) is 5.14. The zero-order valence-corrected chi connectivity index (χ0v) is 11.1. The molecule has 1 fully saturated rings. The first-order valence-corrected chi connectivity index (χ1v) is 6.49. The zero-order valence-electron chi connectivity index (χ0n) is 11.1. The van der Waals surface area contributed by atoms with Gasteiger partial charge in [-0.25, -0.2) is 4.68 Å². The average molecular weight is 252 g/mol. The lowest BCUT2D eigenvalue weighted by molar-refractivity contribution is -0.384. The SMILES string of the molecule is CCc1nn(C)c(NC2CCC(C)C2)c1[N+](=O)[O-]. The molecule has 2 unspecified atom stereocenters. The maximum absolute atomic E-state index is 11.2. The summed E-state index contributed by atoms with van der Waals surface area (Å²) < 4.78 is 1.60. The third-order valence-electron chi connectivity index (χ3n) is 3.65. The van der Waals surface area contributed by atoms with Crippen molar-refractivity contribution in [3.05, 3.63) is 15.8 Å². The van der Waals surface area contributed by atoms with Crippen LogP contribution in [0.4, 0.5) is 11.5 Å². The van der Waals surface area contributed by atoms with Gasteiger partial charge in [0.05, 0.1) is 4.92 Å². The lowest BCUT2D eigenvalue weighted by Crippen LogP contribution is -2.18. The van der Waals surface area contributed by atoms with Crippen LogP contribution in [0, 0.1) is 16.0 Å². The smallest absolute Gasteiger partial charge is 0.333 e. The Morgan fingerprint density at radius 3 is 2.78 bits per heavy atom. The van der Waals surface area contributed by atoms with Crippen LogP contribution in [0.3, 0.4) is 0 Å². The van der Waals surface area contributed by atoms with E-state index in [9.17, 15) is 10.1 Å². The van der Waals surface area contributed by atoms with Crippen LogP contribution in [0.5, 0.6) is 0 Å². The predicted octanol–water partition coefficient (Wildman–Crippen LogP) is 2.49. The molecule has 6 nitrogen and oxygen atoms in total. The van der Waals surface area contributed by atoms with Crippen LogP contribution in [-0.4, -0.2) is 20.7 Å². The van der Waals surface area contributed by atoms with Gasteiger partial charge in [0.15, 0.2) is 0 Å². The molecule has 0 radical (unpaired) electrons. The summed E-state index contributed by atoms with van der Waals surface area (Å²) in [5.41, 5.74) is 0.690. The minimum Gasteiger partial charge on any atom is -0.362 e. The van der Waals surface area contributed by atoms with Crippen LogP contribution in [0.15, 0.2) is 0 Å². The third kappa shape index (κ3) is 2.32. The van der Waals surface area contributed by atoms with E-state index >= 15 is 0 Å². The van der Waals surface area contributed by atoms with Crippen molar-refractivity contribution in [2.75, 3.05) is 5.32 Å². The number of nitrogens with zero attached hydrogens (tertiary/aromatic N) is 3. The molecule has 1 aliphatic carbocycles. The van der Waals surface area contributed by atoms with Gasteiger partial charge in [0, 0.05) is 13.1 Å². The number of nitrogens with one attached hydrogen (secondary N) is 1. The summed E-state index contributed by atoms with van der Waals surface area (Å²) in [7, 11) is 1.76. The van der Waals surface area contributed by atoms with Crippen LogP contribution < -0.4 is 5.32 Å². The molecular formula is C12H20N4O2. The molecule has 0 bridgehead atoms. The van der Waals surface area contributed by atoms with E-state index in [1.54, 1.807) is 11.7 Å². The van der Waals surface area contributed by atoms with E-state index < -0.39 is 0 Å². The molecule has 1 heterocycles. The van der Waals surface area contributed by atoms with Gasteiger partial charge in [-0.1, -0.05) is 13.8 Å². The first kappa shape index (κ1) is 12.9. The minimum atomic E-state index is -0.327. The Bertz CT molecular complexity index is 455. The Kier molecular flexibility index (Phi) is 3.54. The fraction of sp³-hybridized carbons (Fsp3) is 0.750. The topological polar surface area (TPSA) is 73.0 Å². The van der Waals surface area contributed by atoms with Gasteiger partial charge in [0.25, 0.3) is 0 Å². The number of aryl methyl sites for hydroxylation is 2. The fourth-order valence-electron chi connectivity index (χ4n) is 2.69. The first-order valence-electron chi connectivity index (χ1n) is 6.49. The van der Waals surface area contributed by atoms with Crippen molar-refractivity contribution in [3.8, 4) is 0 Å². The largest absolute Gasteiger partial charge is 0.362 e. The normalized spacial score (nSPS) is 23.3. The summed E-state index contributed by atoms with van der Waals surface area (Å²) in [6.07, 6.45) is 3.91. The van der Waals surface area contributed by atoms with Crippen LogP contribution in [0.25, 0.3) is 0 Å². The van der Waals surface area contributed by atoms with E-state index in [1.807, 2.05) is 6.92 Å². The first-order chi connectivity index (χ1) is 8.52. The Balaban J connectivity index is 2.26. The van der Waals surface area contributed by atoms with Crippen LogP contribution in [0.1, 0.15) is 38.8 Å². The van der Waals surface area contributed by atoms with Gasteiger partial charge in [-0.3, -0.25) is 10.1 Å². The number of rotatable bonds is 4. The lowest BCUT2D eigenvalue weighted by Gasteiger charge is -2.13. The molecule has 0 saturated heterocycles. The van der Waals surface area contributed by atoms with Gasteiger partial charge in [0.2, 0.25) is 5.82 Å². The van der Waals surface area contributed by atoms with Crippen molar-refractivity contribution in [3.63, 3.8) is 0 Å². The maximum atomic E-state index is 11.2. The van der Waals surface area contributed by atoms with E-state index in [2.05, 4.69) is 17.3 Å². The quantitative estimate of drug-likeness (QED) is 0.660. The van der Waals surface area contributed by atoms with Crippen LogP contribution >= 0.6 is 0 Å². The monoisotopic (exact) mass is 252 g/mol. The maximum Gasteiger partial charge on any atom is 0.333 e. The second kappa shape index (κ2) is 4.96. The molecule has 1 aromatic heterocycles. The van der Waals surface area contributed by atoms with E-state index in [-0.39, 0.29) is 10.6 Å². The molecule has 0 aliphatic heterocycles.